The predicted octanol–water partition coefficient (Wildman–Crippen LogP) is 23.1. The lowest BCUT2D eigenvalue weighted by Crippen LogP contribution is -2.30. The maximum Gasteiger partial charge on any atom is 0.306 e. The van der Waals surface area contributed by atoms with E-state index in [1.165, 1.54) is 238 Å². The maximum atomic E-state index is 12.9. The molecule has 0 radical (unpaired) electrons. The van der Waals surface area contributed by atoms with E-state index in [4.69, 9.17) is 14.2 Å². The van der Waals surface area contributed by atoms with Crippen LogP contribution >= 0.6 is 0 Å². The van der Waals surface area contributed by atoms with Gasteiger partial charge in [-0.05, 0) is 89.9 Å². The van der Waals surface area contributed by atoms with Crippen LogP contribution in [0.2, 0.25) is 0 Å². The molecule has 448 valence electrons. The Morgan fingerprint density at radius 3 is 0.753 bits per heavy atom. The molecule has 1 unspecified atom stereocenters. The van der Waals surface area contributed by atoms with Crippen LogP contribution in [0.1, 0.15) is 355 Å². The summed E-state index contributed by atoms with van der Waals surface area (Å²) >= 11 is 0. The molecule has 0 amide bonds. The molecule has 0 rings (SSSR count). The van der Waals surface area contributed by atoms with Gasteiger partial charge in [0, 0.05) is 19.3 Å². The Labute approximate surface area is 479 Å². The first kappa shape index (κ1) is 74.1. The van der Waals surface area contributed by atoms with Crippen LogP contribution in [0.15, 0.2) is 60.8 Å². The minimum atomic E-state index is -0.775. The molecule has 0 aromatic carbocycles. The molecule has 0 spiro atoms. The van der Waals surface area contributed by atoms with E-state index >= 15 is 0 Å². The Hall–Kier alpha value is -2.89. The van der Waals surface area contributed by atoms with Gasteiger partial charge in [-0.1, -0.05) is 306 Å². The topological polar surface area (TPSA) is 78.9 Å². The average Bonchev–Trinajstić information content (AvgIpc) is 3.43. The second kappa shape index (κ2) is 65.6. The van der Waals surface area contributed by atoms with Crippen LogP contribution in [-0.2, 0) is 28.6 Å². The third-order valence-corrected chi connectivity index (χ3v) is 15.0. The molecule has 0 aromatic heterocycles. The molecule has 0 saturated heterocycles. The number of esters is 3. The summed E-state index contributed by atoms with van der Waals surface area (Å²) in [6.45, 7) is 6.64. The van der Waals surface area contributed by atoms with E-state index in [0.717, 1.165) is 77.0 Å². The van der Waals surface area contributed by atoms with Gasteiger partial charge in [-0.3, -0.25) is 14.4 Å². The summed E-state index contributed by atoms with van der Waals surface area (Å²) in [5.41, 5.74) is 0. The van der Waals surface area contributed by atoms with Crippen LogP contribution in [-0.4, -0.2) is 37.2 Å². The van der Waals surface area contributed by atoms with Crippen LogP contribution in [0.3, 0.4) is 0 Å². The number of hydrogen-bond donors (Lipinski definition) is 0. The lowest BCUT2D eigenvalue weighted by molar-refractivity contribution is -0.167. The number of carbonyl (C=O) groups is 3. The van der Waals surface area contributed by atoms with Gasteiger partial charge in [0.05, 0.1) is 0 Å². The lowest BCUT2D eigenvalue weighted by Gasteiger charge is -2.18. The van der Waals surface area contributed by atoms with Crippen LogP contribution in [0, 0.1) is 0 Å². The van der Waals surface area contributed by atoms with E-state index < -0.39 is 6.10 Å². The smallest absolute Gasteiger partial charge is 0.306 e. The van der Waals surface area contributed by atoms with E-state index in [-0.39, 0.29) is 31.1 Å². The molecule has 0 aliphatic heterocycles. The van der Waals surface area contributed by atoms with Crippen molar-refractivity contribution in [1.82, 2.24) is 0 Å². The van der Waals surface area contributed by atoms with Crippen molar-refractivity contribution in [3.8, 4) is 0 Å². The van der Waals surface area contributed by atoms with E-state index in [0.29, 0.717) is 19.3 Å². The second-order valence-corrected chi connectivity index (χ2v) is 22.7. The third-order valence-electron chi connectivity index (χ3n) is 15.0. The molecule has 1 atom stereocenters. The van der Waals surface area contributed by atoms with Crippen molar-refractivity contribution in [2.45, 2.75) is 361 Å². The van der Waals surface area contributed by atoms with Crippen molar-refractivity contribution in [3.63, 3.8) is 0 Å². The fraction of sp³-hybridized carbons (Fsp3) is 0.817. The molecule has 0 N–H and O–H groups in total. The Morgan fingerprint density at radius 1 is 0.260 bits per heavy atom. The molecule has 0 bridgehead atoms. The van der Waals surface area contributed by atoms with Gasteiger partial charge in [0.15, 0.2) is 6.10 Å². The Balaban J connectivity index is 4.19. The van der Waals surface area contributed by atoms with Crippen molar-refractivity contribution >= 4 is 17.9 Å². The Bertz CT molecular complexity index is 1380. The van der Waals surface area contributed by atoms with E-state index in [2.05, 4.69) is 81.5 Å². The Morgan fingerprint density at radius 2 is 0.468 bits per heavy atom. The molecular formula is C71H128O6. The fourth-order valence-corrected chi connectivity index (χ4v) is 9.89. The summed E-state index contributed by atoms with van der Waals surface area (Å²) in [7, 11) is 0. The van der Waals surface area contributed by atoms with Gasteiger partial charge in [-0.25, -0.2) is 0 Å². The number of rotatable bonds is 62. The van der Waals surface area contributed by atoms with E-state index in [1.807, 2.05) is 0 Å². The predicted molar refractivity (Wildman–Crippen MR) is 335 cm³/mol. The van der Waals surface area contributed by atoms with Crippen molar-refractivity contribution in [2.75, 3.05) is 13.2 Å². The minimum absolute atomic E-state index is 0.0719. The van der Waals surface area contributed by atoms with Gasteiger partial charge in [-0.15, -0.1) is 0 Å². The van der Waals surface area contributed by atoms with E-state index in [1.54, 1.807) is 0 Å². The second-order valence-electron chi connectivity index (χ2n) is 22.7. The third kappa shape index (κ3) is 63.8. The quantitative estimate of drug-likeness (QED) is 0.0261. The minimum Gasteiger partial charge on any atom is -0.462 e. The molecule has 0 aliphatic carbocycles. The highest BCUT2D eigenvalue weighted by Crippen LogP contribution is 2.17. The van der Waals surface area contributed by atoms with Crippen molar-refractivity contribution in [1.29, 1.82) is 0 Å². The first-order valence-electron chi connectivity index (χ1n) is 33.8. The van der Waals surface area contributed by atoms with Crippen molar-refractivity contribution in [2.24, 2.45) is 0 Å². The summed E-state index contributed by atoms with van der Waals surface area (Å²) in [5, 5.41) is 0. The molecule has 77 heavy (non-hydrogen) atoms. The molecular weight excluding hydrogens is 949 g/mol. The lowest BCUT2D eigenvalue weighted by atomic mass is 10.0. The largest absolute Gasteiger partial charge is 0.462 e. The molecule has 6 heteroatoms. The number of ether oxygens (including phenoxy) is 3. The SMILES string of the molecule is CCCCC/C=C\C/C=C\CCCCCCCCCCCC(=O)OC(COC(=O)CCCCCCCCCCCCC)COC(=O)CCCCCCCCCCCCCCCC/C=C\C/C=C\C/C=C\CCCCCCC. The summed E-state index contributed by atoms with van der Waals surface area (Å²) in [6.07, 6.45) is 83.8. The summed E-state index contributed by atoms with van der Waals surface area (Å²) in [4.78, 5) is 38.3. The number of hydrogen-bond acceptors (Lipinski definition) is 6. The normalized spacial score (nSPS) is 12.4. The highest BCUT2D eigenvalue weighted by Gasteiger charge is 2.19. The van der Waals surface area contributed by atoms with Crippen LogP contribution in [0.4, 0.5) is 0 Å². The highest BCUT2D eigenvalue weighted by molar-refractivity contribution is 5.71. The van der Waals surface area contributed by atoms with Crippen LogP contribution < -0.4 is 0 Å². The zero-order valence-corrected chi connectivity index (χ0v) is 51.5. The zero-order chi connectivity index (χ0) is 55.7. The molecule has 0 heterocycles. The number of unbranched alkanes of at least 4 members (excludes halogenated alkanes) is 41. The zero-order valence-electron chi connectivity index (χ0n) is 51.5. The molecule has 0 saturated carbocycles. The summed E-state index contributed by atoms with van der Waals surface area (Å²) in [6, 6.07) is 0. The number of carbonyl (C=O) groups excluding carboxylic acids is 3. The van der Waals surface area contributed by atoms with Gasteiger partial charge >= 0.3 is 17.9 Å². The highest BCUT2D eigenvalue weighted by atomic mass is 16.6. The number of allylic oxidation sites excluding steroid dienone is 10. The molecule has 0 aromatic rings. The Kier molecular flexibility index (Phi) is 63.2. The first-order chi connectivity index (χ1) is 38.0. The fourth-order valence-electron chi connectivity index (χ4n) is 9.89. The monoisotopic (exact) mass is 1080 g/mol. The molecule has 0 fully saturated rings. The van der Waals surface area contributed by atoms with Crippen LogP contribution in [0.25, 0.3) is 0 Å². The maximum absolute atomic E-state index is 12.9. The molecule has 6 nitrogen and oxygen atoms in total. The van der Waals surface area contributed by atoms with Gasteiger partial charge in [0.25, 0.3) is 0 Å². The summed E-state index contributed by atoms with van der Waals surface area (Å²) < 4.78 is 16.9. The standard InChI is InChI=1S/C71H128O6/c1-4-7-10-13-16-19-22-24-26-28-30-31-32-33-34-35-36-37-38-39-41-42-44-46-49-52-55-58-61-64-70(73)76-67-68(66-75-69(72)63-60-57-54-51-48-21-18-15-12-9-6-3)77-71(74)65-62-59-56-53-50-47-45-43-40-29-27-25-23-20-17-14-11-8-5-2/h17,20,22,24-25,27-28,30,32-33,68H,4-16,18-19,21,23,26,29,31,34-67H2,1-3H3/b20-17-,24-22-,27-25-,30-28-,33-32-. The summed E-state index contributed by atoms with van der Waals surface area (Å²) in [5.74, 6) is -0.858. The van der Waals surface area contributed by atoms with Gasteiger partial charge < -0.3 is 14.2 Å². The van der Waals surface area contributed by atoms with Gasteiger partial charge in [0.1, 0.15) is 13.2 Å². The van der Waals surface area contributed by atoms with E-state index in [9.17, 15) is 14.4 Å². The first-order valence-corrected chi connectivity index (χ1v) is 33.8. The van der Waals surface area contributed by atoms with Crippen LogP contribution in [0.5, 0.6) is 0 Å². The van der Waals surface area contributed by atoms with Crippen molar-refractivity contribution in [3.05, 3.63) is 60.8 Å². The van der Waals surface area contributed by atoms with Crippen molar-refractivity contribution < 1.29 is 28.6 Å². The molecule has 0 aliphatic rings. The van der Waals surface area contributed by atoms with Gasteiger partial charge in [0.2, 0.25) is 0 Å². The van der Waals surface area contributed by atoms with Gasteiger partial charge in [-0.2, -0.15) is 0 Å². The average molecular weight is 1080 g/mol.